The zero-order chi connectivity index (χ0) is 12.1. The topological polar surface area (TPSA) is 41.1 Å². The molecule has 1 saturated heterocycles. The molecule has 2 rings (SSSR count). The molecular formula is C13H17IN2O. The second-order valence-electron chi connectivity index (χ2n) is 4.40. The van der Waals surface area contributed by atoms with Gasteiger partial charge < -0.3 is 10.6 Å². The first-order chi connectivity index (χ1) is 8.24. The second kappa shape index (κ2) is 6.35. The molecule has 1 aromatic rings. The number of hydrogen-bond donors (Lipinski definition) is 2. The van der Waals surface area contributed by atoms with Gasteiger partial charge in [-0.25, -0.2) is 0 Å². The first kappa shape index (κ1) is 12.8. The van der Waals surface area contributed by atoms with E-state index in [0.29, 0.717) is 12.5 Å². The lowest BCUT2D eigenvalue weighted by Crippen LogP contribution is -2.43. The van der Waals surface area contributed by atoms with Crippen LogP contribution < -0.4 is 10.6 Å². The third kappa shape index (κ3) is 4.27. The molecule has 4 heteroatoms. The van der Waals surface area contributed by atoms with E-state index in [4.69, 9.17) is 0 Å². The van der Waals surface area contributed by atoms with Crippen LogP contribution in [0.4, 0.5) is 0 Å². The quantitative estimate of drug-likeness (QED) is 0.820. The van der Waals surface area contributed by atoms with E-state index < -0.39 is 0 Å². The van der Waals surface area contributed by atoms with Gasteiger partial charge in [0, 0.05) is 9.61 Å². The van der Waals surface area contributed by atoms with Gasteiger partial charge in [-0.15, -0.1) is 0 Å². The Hall–Kier alpha value is -0.620. The predicted octanol–water partition coefficient (Wildman–Crippen LogP) is 1.70. The summed E-state index contributed by atoms with van der Waals surface area (Å²) in [7, 11) is 0. The van der Waals surface area contributed by atoms with E-state index in [9.17, 15) is 4.79 Å². The van der Waals surface area contributed by atoms with Crippen LogP contribution in [-0.4, -0.2) is 25.0 Å². The standard InChI is InChI=1S/C13H17IN2O/c14-11-3-1-2-10(8-11)9-13(17)16-12-4-6-15-7-5-12/h1-3,8,12,15H,4-7,9H2,(H,16,17). The molecule has 0 spiro atoms. The Labute approximate surface area is 116 Å². The van der Waals surface area contributed by atoms with Crippen molar-refractivity contribution in [2.45, 2.75) is 25.3 Å². The van der Waals surface area contributed by atoms with Crippen molar-refractivity contribution >= 4 is 28.5 Å². The van der Waals surface area contributed by atoms with Gasteiger partial charge in [-0.05, 0) is 66.2 Å². The average molecular weight is 344 g/mol. The van der Waals surface area contributed by atoms with Crippen molar-refractivity contribution in [3.63, 3.8) is 0 Å². The van der Waals surface area contributed by atoms with Crippen molar-refractivity contribution in [2.24, 2.45) is 0 Å². The van der Waals surface area contributed by atoms with Crippen molar-refractivity contribution in [3.8, 4) is 0 Å². The van der Waals surface area contributed by atoms with Gasteiger partial charge in [0.15, 0.2) is 0 Å². The van der Waals surface area contributed by atoms with Crippen LogP contribution in [-0.2, 0) is 11.2 Å². The molecule has 1 heterocycles. The predicted molar refractivity (Wildman–Crippen MR) is 76.9 cm³/mol. The number of nitrogens with one attached hydrogen (secondary N) is 2. The van der Waals surface area contributed by atoms with Gasteiger partial charge in [0.05, 0.1) is 6.42 Å². The third-order valence-electron chi connectivity index (χ3n) is 2.96. The number of piperidine rings is 1. The summed E-state index contributed by atoms with van der Waals surface area (Å²) >= 11 is 2.27. The van der Waals surface area contributed by atoms with Gasteiger partial charge in [-0.2, -0.15) is 0 Å². The van der Waals surface area contributed by atoms with Crippen LogP contribution in [0.15, 0.2) is 24.3 Å². The lowest BCUT2D eigenvalue weighted by molar-refractivity contribution is -0.121. The summed E-state index contributed by atoms with van der Waals surface area (Å²) < 4.78 is 1.18. The fraction of sp³-hybridized carbons (Fsp3) is 0.462. The molecule has 0 aromatic heterocycles. The van der Waals surface area contributed by atoms with Crippen LogP contribution in [0.1, 0.15) is 18.4 Å². The number of carbonyl (C=O) groups excluding carboxylic acids is 1. The largest absolute Gasteiger partial charge is 0.353 e. The Bertz CT molecular complexity index is 389. The third-order valence-corrected chi connectivity index (χ3v) is 3.63. The number of rotatable bonds is 3. The maximum Gasteiger partial charge on any atom is 0.224 e. The van der Waals surface area contributed by atoms with Crippen molar-refractivity contribution < 1.29 is 4.79 Å². The Kier molecular flexibility index (Phi) is 4.79. The van der Waals surface area contributed by atoms with E-state index >= 15 is 0 Å². The first-order valence-electron chi connectivity index (χ1n) is 5.98. The van der Waals surface area contributed by atoms with E-state index in [1.165, 1.54) is 3.57 Å². The number of hydrogen-bond acceptors (Lipinski definition) is 2. The van der Waals surface area contributed by atoms with Crippen LogP contribution in [0.25, 0.3) is 0 Å². The van der Waals surface area contributed by atoms with Crippen LogP contribution >= 0.6 is 22.6 Å². The van der Waals surface area contributed by atoms with E-state index in [-0.39, 0.29) is 5.91 Å². The first-order valence-corrected chi connectivity index (χ1v) is 7.06. The van der Waals surface area contributed by atoms with E-state index in [1.807, 2.05) is 18.2 Å². The number of benzene rings is 1. The van der Waals surface area contributed by atoms with E-state index in [0.717, 1.165) is 31.5 Å². The lowest BCUT2D eigenvalue weighted by Gasteiger charge is -2.23. The molecule has 0 radical (unpaired) electrons. The molecule has 1 aliphatic rings. The molecule has 0 atom stereocenters. The molecule has 1 aliphatic heterocycles. The highest BCUT2D eigenvalue weighted by Gasteiger charge is 2.15. The van der Waals surface area contributed by atoms with Crippen molar-refractivity contribution in [1.82, 2.24) is 10.6 Å². The van der Waals surface area contributed by atoms with Gasteiger partial charge in [-0.1, -0.05) is 12.1 Å². The molecule has 92 valence electrons. The Balaban J connectivity index is 1.84. The SMILES string of the molecule is O=C(Cc1cccc(I)c1)NC1CCNCC1. The summed E-state index contributed by atoms with van der Waals surface area (Å²) in [5.41, 5.74) is 1.09. The average Bonchev–Trinajstić information content (AvgIpc) is 2.30. The zero-order valence-electron chi connectivity index (χ0n) is 9.71. The summed E-state index contributed by atoms with van der Waals surface area (Å²) in [4.78, 5) is 11.9. The molecular weight excluding hydrogens is 327 g/mol. The normalized spacial score (nSPS) is 16.8. The summed E-state index contributed by atoms with van der Waals surface area (Å²) in [6.45, 7) is 2.02. The Morgan fingerprint density at radius 2 is 2.18 bits per heavy atom. The molecule has 0 saturated carbocycles. The van der Waals surface area contributed by atoms with Crippen molar-refractivity contribution in [2.75, 3.05) is 13.1 Å². The minimum atomic E-state index is 0.138. The van der Waals surface area contributed by atoms with Crippen molar-refractivity contribution in [3.05, 3.63) is 33.4 Å². The molecule has 3 nitrogen and oxygen atoms in total. The zero-order valence-corrected chi connectivity index (χ0v) is 11.9. The maximum atomic E-state index is 11.9. The smallest absolute Gasteiger partial charge is 0.224 e. The van der Waals surface area contributed by atoms with Crippen molar-refractivity contribution in [1.29, 1.82) is 0 Å². The molecule has 17 heavy (non-hydrogen) atoms. The highest BCUT2D eigenvalue weighted by Crippen LogP contribution is 2.09. The van der Waals surface area contributed by atoms with Crippen LogP contribution in [0.2, 0.25) is 0 Å². The number of amides is 1. The van der Waals surface area contributed by atoms with E-state index in [1.54, 1.807) is 0 Å². The minimum absolute atomic E-state index is 0.138. The second-order valence-corrected chi connectivity index (χ2v) is 5.64. The van der Waals surface area contributed by atoms with Crippen LogP contribution in [0.3, 0.4) is 0 Å². The highest BCUT2D eigenvalue weighted by atomic mass is 127. The fourth-order valence-corrected chi connectivity index (χ4v) is 2.68. The fourth-order valence-electron chi connectivity index (χ4n) is 2.08. The lowest BCUT2D eigenvalue weighted by atomic mass is 10.1. The Morgan fingerprint density at radius 3 is 2.88 bits per heavy atom. The van der Waals surface area contributed by atoms with Gasteiger partial charge in [0.25, 0.3) is 0 Å². The van der Waals surface area contributed by atoms with Crippen LogP contribution in [0.5, 0.6) is 0 Å². The van der Waals surface area contributed by atoms with Gasteiger partial charge >= 0.3 is 0 Å². The van der Waals surface area contributed by atoms with E-state index in [2.05, 4.69) is 39.3 Å². The van der Waals surface area contributed by atoms with Gasteiger partial charge in [-0.3, -0.25) is 4.79 Å². The summed E-state index contributed by atoms with van der Waals surface area (Å²) in [6, 6.07) is 8.45. The minimum Gasteiger partial charge on any atom is -0.353 e. The monoisotopic (exact) mass is 344 g/mol. The maximum absolute atomic E-state index is 11.9. The molecule has 0 bridgehead atoms. The molecule has 1 fully saturated rings. The molecule has 1 amide bonds. The number of halogens is 1. The molecule has 0 unspecified atom stereocenters. The van der Waals surface area contributed by atoms with Crippen LogP contribution in [0, 0.1) is 3.57 Å². The highest BCUT2D eigenvalue weighted by molar-refractivity contribution is 14.1. The summed E-state index contributed by atoms with van der Waals surface area (Å²) in [5.74, 6) is 0.138. The summed E-state index contributed by atoms with van der Waals surface area (Å²) in [5, 5.41) is 6.40. The molecule has 0 aliphatic carbocycles. The Morgan fingerprint density at radius 1 is 1.41 bits per heavy atom. The molecule has 2 N–H and O–H groups in total. The van der Waals surface area contributed by atoms with Gasteiger partial charge in [0.2, 0.25) is 5.91 Å². The van der Waals surface area contributed by atoms with Gasteiger partial charge in [0.1, 0.15) is 0 Å². The number of carbonyl (C=O) groups is 1. The summed E-state index contributed by atoms with van der Waals surface area (Å²) in [6.07, 6.45) is 2.57. The molecule has 1 aromatic carbocycles.